The minimum absolute atomic E-state index is 0.0429. The lowest BCUT2D eigenvalue weighted by Gasteiger charge is -1.99. The third kappa shape index (κ3) is 3.84. The van der Waals surface area contributed by atoms with E-state index in [-0.39, 0.29) is 21.6 Å². The summed E-state index contributed by atoms with van der Waals surface area (Å²) >= 11 is 12.0. The van der Waals surface area contributed by atoms with Crippen molar-refractivity contribution >= 4 is 40.0 Å². The zero-order chi connectivity index (χ0) is 18.7. The predicted molar refractivity (Wildman–Crippen MR) is 98.1 cm³/mol. The Bertz CT molecular complexity index is 1000. The Balaban J connectivity index is 1.90. The number of nitrogens with zero attached hydrogens (tertiary/aromatic N) is 3. The van der Waals surface area contributed by atoms with Crippen LogP contribution in [-0.4, -0.2) is 22.2 Å². The Morgan fingerprint density at radius 3 is 2.85 bits per heavy atom. The van der Waals surface area contributed by atoms with E-state index in [9.17, 15) is 10.1 Å². The first-order chi connectivity index (χ1) is 12.5. The van der Waals surface area contributed by atoms with E-state index in [1.165, 1.54) is 18.2 Å². The molecular weight excluding hydrogens is 381 g/mol. The van der Waals surface area contributed by atoms with Gasteiger partial charge >= 0.3 is 0 Å². The summed E-state index contributed by atoms with van der Waals surface area (Å²) in [6, 6.07) is 11.5. The van der Waals surface area contributed by atoms with Gasteiger partial charge in [0.25, 0.3) is 11.6 Å². The quantitative estimate of drug-likeness (QED) is 0.446. The summed E-state index contributed by atoms with van der Waals surface area (Å²) in [5.41, 5.74) is 0.964. The number of nitro groups is 1. The lowest BCUT2D eigenvalue weighted by atomic mass is 10.2. The van der Waals surface area contributed by atoms with Crippen LogP contribution in [-0.2, 0) is 0 Å². The van der Waals surface area contributed by atoms with Gasteiger partial charge in [-0.2, -0.15) is 4.98 Å². The van der Waals surface area contributed by atoms with Crippen LogP contribution in [0.1, 0.15) is 11.5 Å². The van der Waals surface area contributed by atoms with Gasteiger partial charge in [-0.15, -0.1) is 0 Å². The Hall–Kier alpha value is -2.90. The van der Waals surface area contributed by atoms with Gasteiger partial charge in [-0.1, -0.05) is 46.6 Å². The second-order valence-corrected chi connectivity index (χ2v) is 5.93. The van der Waals surface area contributed by atoms with E-state index in [2.05, 4.69) is 10.1 Å². The molecule has 0 aliphatic carbocycles. The molecule has 0 fully saturated rings. The second kappa shape index (κ2) is 7.55. The Morgan fingerprint density at radius 1 is 1.31 bits per heavy atom. The molecule has 0 aliphatic rings. The van der Waals surface area contributed by atoms with Crippen LogP contribution in [0.15, 0.2) is 47.0 Å². The molecule has 132 valence electrons. The van der Waals surface area contributed by atoms with Crippen LogP contribution >= 0.6 is 23.2 Å². The van der Waals surface area contributed by atoms with Gasteiger partial charge in [0.15, 0.2) is 0 Å². The summed E-state index contributed by atoms with van der Waals surface area (Å²) in [7, 11) is 1.56. The van der Waals surface area contributed by atoms with Crippen molar-refractivity contribution in [2.45, 2.75) is 0 Å². The number of halogens is 2. The molecule has 0 N–H and O–H groups in total. The molecule has 0 aliphatic heterocycles. The lowest BCUT2D eigenvalue weighted by molar-refractivity contribution is -0.384. The number of hydrogen-bond acceptors (Lipinski definition) is 6. The number of methoxy groups -OCH3 is 1. The van der Waals surface area contributed by atoms with Gasteiger partial charge in [0, 0.05) is 11.6 Å². The first-order valence-corrected chi connectivity index (χ1v) is 8.03. The minimum atomic E-state index is -0.568. The van der Waals surface area contributed by atoms with E-state index in [4.69, 9.17) is 32.5 Å². The molecule has 0 saturated carbocycles. The van der Waals surface area contributed by atoms with E-state index in [1.807, 2.05) is 0 Å². The number of benzene rings is 2. The molecule has 0 bridgehead atoms. The number of hydrogen-bond donors (Lipinski definition) is 0. The Kier molecular flexibility index (Phi) is 5.20. The summed E-state index contributed by atoms with van der Waals surface area (Å²) in [5.74, 6) is 1.08. The topological polar surface area (TPSA) is 91.3 Å². The van der Waals surface area contributed by atoms with E-state index >= 15 is 0 Å². The highest BCUT2D eigenvalue weighted by Crippen LogP contribution is 2.29. The molecular formula is C17H11Cl2N3O4. The molecule has 0 atom stereocenters. The third-order valence-electron chi connectivity index (χ3n) is 3.42. The van der Waals surface area contributed by atoms with Crippen molar-refractivity contribution in [1.29, 1.82) is 0 Å². The van der Waals surface area contributed by atoms with Crippen LogP contribution in [0.3, 0.4) is 0 Å². The molecule has 0 saturated heterocycles. The first kappa shape index (κ1) is 17.9. The summed E-state index contributed by atoms with van der Waals surface area (Å²) in [6.45, 7) is 0. The van der Waals surface area contributed by atoms with Crippen LogP contribution in [0.2, 0.25) is 5.02 Å². The highest BCUT2D eigenvalue weighted by atomic mass is 35.5. The van der Waals surface area contributed by atoms with Crippen LogP contribution in [0.4, 0.5) is 5.69 Å². The minimum Gasteiger partial charge on any atom is -0.497 e. The zero-order valence-electron chi connectivity index (χ0n) is 13.3. The number of rotatable bonds is 5. The van der Waals surface area contributed by atoms with Crippen molar-refractivity contribution in [3.05, 3.63) is 69.1 Å². The van der Waals surface area contributed by atoms with Crippen molar-refractivity contribution < 1.29 is 14.2 Å². The fourth-order valence-electron chi connectivity index (χ4n) is 2.17. The SMILES string of the molecule is COc1cccc(-c2noc(/C(Cl)=C/c3ccc(Cl)c([N+](=O)[O-])c3)n2)c1. The molecule has 9 heteroatoms. The highest BCUT2D eigenvalue weighted by molar-refractivity contribution is 6.50. The monoisotopic (exact) mass is 391 g/mol. The molecule has 0 unspecified atom stereocenters. The molecule has 2 aromatic carbocycles. The average Bonchev–Trinajstić information content (AvgIpc) is 3.13. The largest absolute Gasteiger partial charge is 0.497 e. The van der Waals surface area contributed by atoms with Gasteiger partial charge in [0.05, 0.1) is 12.0 Å². The molecule has 26 heavy (non-hydrogen) atoms. The van der Waals surface area contributed by atoms with Gasteiger partial charge in [0.2, 0.25) is 5.82 Å². The van der Waals surface area contributed by atoms with Gasteiger partial charge in [-0.3, -0.25) is 10.1 Å². The van der Waals surface area contributed by atoms with Gasteiger partial charge < -0.3 is 9.26 Å². The molecule has 3 rings (SSSR count). The molecule has 1 heterocycles. The van der Waals surface area contributed by atoms with Crippen LogP contribution in [0.5, 0.6) is 5.75 Å². The maximum absolute atomic E-state index is 11.0. The van der Waals surface area contributed by atoms with Crippen molar-refractivity contribution in [2.75, 3.05) is 7.11 Å². The van der Waals surface area contributed by atoms with Crippen molar-refractivity contribution in [2.24, 2.45) is 0 Å². The molecule has 7 nitrogen and oxygen atoms in total. The third-order valence-corrected chi connectivity index (χ3v) is 4.01. The number of aromatic nitrogens is 2. The standard InChI is InChI=1S/C17H11Cl2N3O4/c1-25-12-4-2-3-11(9-12)16-20-17(26-21-16)14(19)7-10-5-6-13(18)15(8-10)22(23)24/h2-9H,1H3/b14-7-. The van der Waals surface area contributed by atoms with Crippen molar-refractivity contribution in [3.63, 3.8) is 0 Å². The van der Waals surface area contributed by atoms with Crippen molar-refractivity contribution in [3.8, 4) is 17.1 Å². The zero-order valence-corrected chi connectivity index (χ0v) is 14.9. The van der Waals surface area contributed by atoms with Gasteiger partial charge in [-0.25, -0.2) is 0 Å². The maximum atomic E-state index is 11.0. The summed E-state index contributed by atoms with van der Waals surface area (Å²) in [4.78, 5) is 14.6. The second-order valence-electron chi connectivity index (χ2n) is 5.12. The molecule has 0 radical (unpaired) electrons. The van der Waals surface area contributed by atoms with E-state index in [1.54, 1.807) is 37.4 Å². The van der Waals surface area contributed by atoms with E-state index in [0.717, 1.165) is 0 Å². The van der Waals surface area contributed by atoms with Gasteiger partial charge in [-0.05, 0) is 29.8 Å². The molecule has 1 aromatic heterocycles. The lowest BCUT2D eigenvalue weighted by Crippen LogP contribution is -1.89. The van der Waals surface area contributed by atoms with E-state index < -0.39 is 4.92 Å². The molecule has 0 amide bonds. The maximum Gasteiger partial charge on any atom is 0.288 e. The van der Waals surface area contributed by atoms with Crippen LogP contribution in [0.25, 0.3) is 22.5 Å². The smallest absolute Gasteiger partial charge is 0.288 e. The Morgan fingerprint density at radius 2 is 2.12 bits per heavy atom. The normalized spacial score (nSPS) is 11.4. The summed E-state index contributed by atoms with van der Waals surface area (Å²) < 4.78 is 10.3. The van der Waals surface area contributed by atoms with Crippen molar-refractivity contribution in [1.82, 2.24) is 10.1 Å². The molecule has 0 spiro atoms. The highest BCUT2D eigenvalue weighted by Gasteiger charge is 2.15. The fourth-order valence-corrected chi connectivity index (χ4v) is 2.56. The summed E-state index contributed by atoms with van der Waals surface area (Å²) in [6.07, 6.45) is 1.48. The van der Waals surface area contributed by atoms with Crippen LogP contribution < -0.4 is 4.74 Å². The first-order valence-electron chi connectivity index (χ1n) is 7.27. The number of nitro benzene ring substituents is 1. The van der Waals surface area contributed by atoms with Gasteiger partial charge in [0.1, 0.15) is 15.8 Å². The fraction of sp³-hybridized carbons (Fsp3) is 0.0588. The van der Waals surface area contributed by atoms with Crippen LogP contribution in [0, 0.1) is 10.1 Å². The molecule has 3 aromatic rings. The average molecular weight is 392 g/mol. The van der Waals surface area contributed by atoms with E-state index in [0.29, 0.717) is 22.7 Å². The Labute approximate surface area is 158 Å². The predicted octanol–water partition coefficient (Wildman–Crippen LogP) is 5.04. The summed E-state index contributed by atoms with van der Waals surface area (Å²) in [5, 5.41) is 15.0. The number of ether oxygens (including phenoxy) is 1.